The number of hydrogen-bond acceptors (Lipinski definition) is 6. The summed E-state index contributed by atoms with van der Waals surface area (Å²) in [5, 5.41) is 18.9. The van der Waals surface area contributed by atoms with Gasteiger partial charge in [-0.25, -0.2) is 9.59 Å². The van der Waals surface area contributed by atoms with Crippen LogP contribution in [0.15, 0.2) is 54.6 Å². The van der Waals surface area contributed by atoms with E-state index >= 15 is 0 Å². The number of ether oxygens (including phenoxy) is 2. The first kappa shape index (κ1) is 33.0. The molecule has 3 rings (SSSR count). The molecule has 1 aromatic heterocycles. The van der Waals surface area contributed by atoms with Crippen LogP contribution in [0, 0.1) is 5.21 Å². The molecule has 9 nitrogen and oxygen atoms in total. The Morgan fingerprint density at radius 3 is 2.05 bits per heavy atom. The maximum atomic E-state index is 13.2. The molecule has 9 heteroatoms. The maximum absolute atomic E-state index is 13.2. The van der Waals surface area contributed by atoms with Crippen LogP contribution in [0.25, 0.3) is 11.0 Å². The van der Waals surface area contributed by atoms with Crippen molar-refractivity contribution < 1.29 is 23.9 Å². The Morgan fingerprint density at radius 2 is 1.40 bits per heavy atom. The van der Waals surface area contributed by atoms with E-state index in [4.69, 9.17) is 9.47 Å². The van der Waals surface area contributed by atoms with Gasteiger partial charge in [-0.05, 0) is 30.5 Å². The summed E-state index contributed by atoms with van der Waals surface area (Å²) in [5.41, 5.74) is 1.67. The zero-order valence-electron chi connectivity index (χ0n) is 25.2. The monoisotopic (exact) mass is 580 g/mol. The number of unbranched alkanes of at least 4 members (excludes halogenated alkanes) is 12. The number of amides is 1. The van der Waals surface area contributed by atoms with Crippen LogP contribution >= 0.6 is 0 Å². The molecule has 1 unspecified atom stereocenters. The van der Waals surface area contributed by atoms with Crippen molar-refractivity contribution in [1.82, 2.24) is 15.2 Å². The van der Waals surface area contributed by atoms with Crippen molar-refractivity contribution >= 4 is 23.0 Å². The van der Waals surface area contributed by atoms with Crippen LogP contribution < -0.4 is 10.2 Å². The van der Waals surface area contributed by atoms with E-state index in [1.165, 1.54) is 64.2 Å². The van der Waals surface area contributed by atoms with Crippen molar-refractivity contribution in [2.24, 2.45) is 0 Å². The Balaban J connectivity index is 1.38. The van der Waals surface area contributed by atoms with Crippen molar-refractivity contribution in [3.63, 3.8) is 0 Å². The number of para-hydroxylation sites is 2. The van der Waals surface area contributed by atoms with Gasteiger partial charge in [0, 0.05) is 19.8 Å². The molecule has 1 heterocycles. The quantitative estimate of drug-likeness (QED) is 0.0817. The molecule has 0 fully saturated rings. The van der Waals surface area contributed by atoms with E-state index in [1.807, 2.05) is 30.3 Å². The van der Waals surface area contributed by atoms with Crippen molar-refractivity contribution in [2.75, 3.05) is 13.7 Å². The molecule has 0 aliphatic heterocycles. The van der Waals surface area contributed by atoms with Crippen molar-refractivity contribution in [3.05, 3.63) is 65.4 Å². The first-order valence-corrected chi connectivity index (χ1v) is 15.7. The minimum absolute atomic E-state index is 0.0263. The fourth-order valence-electron chi connectivity index (χ4n) is 5.20. The third-order valence-corrected chi connectivity index (χ3v) is 7.58. The van der Waals surface area contributed by atoms with Crippen LogP contribution in [0.2, 0.25) is 0 Å². The summed E-state index contributed by atoms with van der Waals surface area (Å²) in [7, 11) is 1.76. The molecule has 1 N–H and O–H groups in total. The lowest BCUT2D eigenvalue weighted by Crippen LogP contribution is -2.38. The van der Waals surface area contributed by atoms with Gasteiger partial charge in [0.25, 0.3) is 0 Å². The predicted molar refractivity (Wildman–Crippen MR) is 164 cm³/mol. The molecular formula is C33H48N4O5. The van der Waals surface area contributed by atoms with Gasteiger partial charge in [0.1, 0.15) is 11.8 Å². The fourth-order valence-corrected chi connectivity index (χ4v) is 5.20. The molecule has 0 aliphatic carbocycles. The molecule has 0 saturated carbocycles. The summed E-state index contributed by atoms with van der Waals surface area (Å²) in [5.74, 6) is -0.343. The molecule has 1 atom stereocenters. The van der Waals surface area contributed by atoms with Crippen LogP contribution in [-0.4, -0.2) is 41.7 Å². The first-order valence-electron chi connectivity index (χ1n) is 15.7. The Bertz CT molecular complexity index is 1180. The molecule has 0 spiro atoms. The van der Waals surface area contributed by atoms with Crippen LogP contribution in [-0.2, 0) is 16.1 Å². The topological polar surface area (TPSA) is 109 Å². The average Bonchev–Trinajstić information content (AvgIpc) is 3.35. The minimum atomic E-state index is -0.559. The van der Waals surface area contributed by atoms with Gasteiger partial charge in [-0.3, -0.25) is 0 Å². The summed E-state index contributed by atoms with van der Waals surface area (Å²) >= 11 is 0. The number of hydrogen-bond donors (Lipinski definition) is 1. The highest BCUT2D eigenvalue weighted by atomic mass is 16.5. The second-order valence-corrected chi connectivity index (χ2v) is 11.0. The summed E-state index contributed by atoms with van der Waals surface area (Å²) in [6, 6.07) is 15.9. The molecule has 0 aliphatic rings. The number of rotatable bonds is 21. The molecular weight excluding hydrogens is 532 g/mol. The molecule has 2 aromatic carbocycles. The smallest absolute Gasteiger partial charge is 0.407 e. The molecule has 0 radical (unpaired) electrons. The minimum Gasteiger partial charge on any atom is -0.691 e. The second-order valence-electron chi connectivity index (χ2n) is 11.0. The normalized spacial score (nSPS) is 11.9. The summed E-state index contributed by atoms with van der Waals surface area (Å²) in [6.07, 6.45) is 16.0. The highest BCUT2D eigenvalue weighted by Crippen LogP contribution is 2.16. The van der Waals surface area contributed by atoms with Gasteiger partial charge in [0.2, 0.25) is 11.0 Å². The van der Waals surface area contributed by atoms with Gasteiger partial charge in [0.15, 0.2) is 0 Å². The van der Waals surface area contributed by atoms with Crippen LogP contribution in [0.3, 0.4) is 0 Å². The SMILES string of the molecule is COCCCCCCCCCCCCCCCC(CC(=O)n1n[n+]([O-])c2ccccc21)NC(=O)OCc1ccccc1. The van der Waals surface area contributed by atoms with E-state index in [0.717, 1.165) is 36.1 Å². The van der Waals surface area contributed by atoms with Crippen LogP contribution in [0.4, 0.5) is 4.79 Å². The number of alkyl carbamates (subject to hydrolysis) is 1. The van der Waals surface area contributed by atoms with E-state index in [9.17, 15) is 14.8 Å². The Labute approximate surface area is 250 Å². The Morgan fingerprint density at radius 1 is 0.833 bits per heavy atom. The van der Waals surface area contributed by atoms with Gasteiger partial charge >= 0.3 is 12.0 Å². The molecule has 0 saturated heterocycles. The summed E-state index contributed by atoms with van der Waals surface area (Å²) in [6.45, 7) is 1.03. The third-order valence-electron chi connectivity index (χ3n) is 7.58. The number of aromatic nitrogens is 3. The van der Waals surface area contributed by atoms with Crippen molar-refractivity contribution in [2.45, 2.75) is 109 Å². The molecule has 230 valence electrons. The lowest BCUT2D eigenvalue weighted by Gasteiger charge is -2.17. The van der Waals surface area contributed by atoms with Gasteiger partial charge in [-0.1, -0.05) is 124 Å². The van der Waals surface area contributed by atoms with E-state index in [-0.39, 0.29) is 18.9 Å². The number of nitrogens with one attached hydrogen (secondary N) is 1. The number of nitrogens with zero attached hydrogens (tertiary/aromatic N) is 3. The van der Waals surface area contributed by atoms with Crippen molar-refractivity contribution in [1.29, 1.82) is 0 Å². The largest absolute Gasteiger partial charge is 0.691 e. The van der Waals surface area contributed by atoms with Gasteiger partial charge in [-0.15, -0.1) is 4.85 Å². The third kappa shape index (κ3) is 12.2. The fraction of sp³-hybridized carbons (Fsp3) is 0.576. The predicted octanol–water partition coefficient (Wildman–Crippen LogP) is 7.10. The average molecular weight is 581 g/mol. The van der Waals surface area contributed by atoms with Gasteiger partial charge in [0.05, 0.1) is 6.42 Å². The zero-order valence-corrected chi connectivity index (χ0v) is 25.2. The first-order chi connectivity index (χ1) is 20.6. The summed E-state index contributed by atoms with van der Waals surface area (Å²) < 4.78 is 11.6. The zero-order chi connectivity index (χ0) is 29.8. The van der Waals surface area contributed by atoms with Crippen LogP contribution in [0.1, 0.15) is 107 Å². The number of fused-ring (bicyclic) bond motifs is 1. The number of carbonyl (C=O) groups is 2. The van der Waals surface area contributed by atoms with Gasteiger partial charge in [-0.2, -0.15) is 0 Å². The van der Waals surface area contributed by atoms with E-state index in [0.29, 0.717) is 22.3 Å². The Hall–Kier alpha value is -3.46. The number of carbonyl (C=O) groups excluding carboxylic acids is 2. The van der Waals surface area contributed by atoms with Gasteiger partial charge < -0.3 is 20.0 Å². The van der Waals surface area contributed by atoms with E-state index in [2.05, 4.69) is 10.5 Å². The maximum Gasteiger partial charge on any atom is 0.407 e. The van der Waals surface area contributed by atoms with Crippen molar-refractivity contribution in [3.8, 4) is 0 Å². The van der Waals surface area contributed by atoms with Crippen LogP contribution in [0.5, 0.6) is 0 Å². The molecule has 42 heavy (non-hydrogen) atoms. The standard InChI is InChI=1S/C33H48N4O5/c1-41-25-19-12-10-8-6-4-2-3-5-7-9-11-16-22-29(34-33(39)42-27-28-20-14-13-15-21-28)26-32(38)36-30-23-17-18-24-31(30)37(40)35-36/h13-15,17-18,20-21,23-24,29H,2-12,16,19,22,25-27H2,1H3,(H,34,39). The number of methoxy groups -OCH3 is 1. The molecule has 1 amide bonds. The Kier molecular flexibility index (Phi) is 15.4. The van der Waals surface area contributed by atoms with E-state index < -0.39 is 12.1 Å². The highest BCUT2D eigenvalue weighted by Gasteiger charge is 2.25. The van der Waals surface area contributed by atoms with E-state index in [1.54, 1.807) is 31.4 Å². The number of benzene rings is 2. The molecule has 0 bridgehead atoms. The molecule has 3 aromatic rings. The second kappa shape index (κ2) is 19.6. The summed E-state index contributed by atoms with van der Waals surface area (Å²) in [4.78, 5) is 26.2. The lowest BCUT2D eigenvalue weighted by atomic mass is 10.0. The highest BCUT2D eigenvalue weighted by molar-refractivity contribution is 5.88. The lowest BCUT2D eigenvalue weighted by molar-refractivity contribution is -0.645.